The monoisotopic (exact) mass is 275 g/mol. The predicted molar refractivity (Wildman–Crippen MR) is 80.3 cm³/mol. The van der Waals surface area contributed by atoms with E-state index in [0.29, 0.717) is 5.75 Å². The van der Waals surface area contributed by atoms with E-state index in [1.807, 2.05) is 29.2 Å². The summed E-state index contributed by atoms with van der Waals surface area (Å²) in [5.41, 5.74) is 3.37. The Morgan fingerprint density at radius 3 is 2.84 bits per heavy atom. The lowest BCUT2D eigenvalue weighted by atomic mass is 10.1. The molecule has 1 amide bonds. The number of carbonyl (C=O) groups is 2. The Kier molecular flexibility index (Phi) is 4.43. The minimum absolute atomic E-state index is 0.0971. The lowest BCUT2D eigenvalue weighted by Gasteiger charge is -2.14. The number of thioether (sulfide) groups is 1. The normalized spacial score (nSPS) is 13.9. The van der Waals surface area contributed by atoms with E-state index in [1.54, 1.807) is 13.8 Å². The lowest BCUT2D eigenvalue weighted by Crippen LogP contribution is -2.25. The van der Waals surface area contributed by atoms with Crippen LogP contribution in [0.25, 0.3) is 6.08 Å². The zero-order valence-electron chi connectivity index (χ0n) is 11.2. The second kappa shape index (κ2) is 6.06. The Hall–Kier alpha value is -1.55. The summed E-state index contributed by atoms with van der Waals surface area (Å²) in [5, 5.41) is 0.135. The highest BCUT2D eigenvalue weighted by Gasteiger charge is 2.21. The number of carbonyl (C=O) groups excluding carboxylic acids is 2. The molecule has 19 heavy (non-hydrogen) atoms. The van der Waals surface area contributed by atoms with Gasteiger partial charge in [-0.25, -0.2) is 0 Å². The molecular weight excluding hydrogens is 258 g/mol. The van der Waals surface area contributed by atoms with Crippen molar-refractivity contribution in [2.24, 2.45) is 0 Å². The van der Waals surface area contributed by atoms with Crippen LogP contribution in [0.1, 0.15) is 25.0 Å². The minimum atomic E-state index is 0.0971. The number of hydrogen-bond donors (Lipinski definition) is 0. The fraction of sp³-hybridized carbons (Fsp3) is 0.333. The van der Waals surface area contributed by atoms with Crippen LogP contribution in [0.4, 0.5) is 5.69 Å². The molecule has 0 saturated carbocycles. The summed E-state index contributed by atoms with van der Waals surface area (Å²) in [6.45, 7) is 3.95. The largest absolute Gasteiger partial charge is 0.312 e. The molecular formula is C15H17NO2S. The van der Waals surface area contributed by atoms with Gasteiger partial charge in [0.1, 0.15) is 0 Å². The van der Waals surface area contributed by atoms with Gasteiger partial charge < -0.3 is 4.90 Å². The van der Waals surface area contributed by atoms with Crippen LogP contribution in [0.3, 0.4) is 0 Å². The number of fused-ring (bicyclic) bond motifs is 1. The first-order valence-corrected chi connectivity index (χ1v) is 7.27. The molecule has 0 saturated heterocycles. The maximum absolute atomic E-state index is 11.4. The molecule has 0 fully saturated rings. The molecule has 4 heteroatoms. The van der Waals surface area contributed by atoms with E-state index < -0.39 is 0 Å². The van der Waals surface area contributed by atoms with Gasteiger partial charge in [-0.3, -0.25) is 9.59 Å². The third-order valence-corrected chi connectivity index (χ3v) is 3.84. The van der Waals surface area contributed by atoms with Gasteiger partial charge in [0.2, 0.25) is 5.91 Å². The van der Waals surface area contributed by atoms with E-state index in [0.717, 1.165) is 24.2 Å². The molecule has 2 rings (SSSR count). The highest BCUT2D eigenvalue weighted by molar-refractivity contribution is 8.13. The first kappa shape index (κ1) is 13.9. The summed E-state index contributed by atoms with van der Waals surface area (Å²) in [5.74, 6) is 0.798. The average Bonchev–Trinajstić information content (AvgIpc) is 2.77. The molecule has 0 radical (unpaired) electrons. The number of rotatable bonds is 3. The summed E-state index contributed by atoms with van der Waals surface area (Å²) < 4.78 is 0. The molecule has 1 aliphatic rings. The maximum atomic E-state index is 11.4. The lowest BCUT2D eigenvalue weighted by molar-refractivity contribution is -0.116. The van der Waals surface area contributed by atoms with Crippen LogP contribution < -0.4 is 4.90 Å². The third-order valence-electron chi connectivity index (χ3n) is 3.07. The Bertz CT molecular complexity index is 537. The molecule has 3 nitrogen and oxygen atoms in total. The van der Waals surface area contributed by atoms with Crippen LogP contribution in [0.15, 0.2) is 24.3 Å². The Morgan fingerprint density at radius 2 is 2.16 bits per heavy atom. The highest BCUT2D eigenvalue weighted by atomic mass is 32.2. The maximum Gasteiger partial charge on any atom is 0.223 e. The molecule has 1 aliphatic heterocycles. The predicted octanol–water partition coefficient (Wildman–Crippen LogP) is 2.89. The van der Waals surface area contributed by atoms with Crippen LogP contribution >= 0.6 is 11.8 Å². The van der Waals surface area contributed by atoms with Crippen LogP contribution in [0.2, 0.25) is 0 Å². The molecule has 0 unspecified atom stereocenters. The van der Waals surface area contributed by atoms with E-state index in [1.165, 1.54) is 17.3 Å². The van der Waals surface area contributed by atoms with Crippen molar-refractivity contribution < 1.29 is 9.59 Å². The summed E-state index contributed by atoms with van der Waals surface area (Å²) in [4.78, 5) is 24.1. The third kappa shape index (κ3) is 3.47. The van der Waals surface area contributed by atoms with Gasteiger partial charge in [0.25, 0.3) is 0 Å². The average molecular weight is 275 g/mol. The molecule has 1 aromatic carbocycles. The zero-order chi connectivity index (χ0) is 13.8. The number of hydrogen-bond acceptors (Lipinski definition) is 3. The van der Waals surface area contributed by atoms with Crippen molar-refractivity contribution >= 4 is 34.5 Å². The smallest absolute Gasteiger partial charge is 0.223 e. The quantitative estimate of drug-likeness (QED) is 0.851. The summed E-state index contributed by atoms with van der Waals surface area (Å²) in [6.07, 6.45) is 4.93. The fourth-order valence-corrected chi connectivity index (χ4v) is 2.63. The van der Waals surface area contributed by atoms with E-state index in [2.05, 4.69) is 6.07 Å². The van der Waals surface area contributed by atoms with Gasteiger partial charge in [-0.2, -0.15) is 0 Å². The number of amides is 1. The van der Waals surface area contributed by atoms with Gasteiger partial charge in [-0.15, -0.1) is 0 Å². The van der Waals surface area contributed by atoms with E-state index in [-0.39, 0.29) is 11.0 Å². The molecule has 100 valence electrons. The van der Waals surface area contributed by atoms with Crippen LogP contribution in [0, 0.1) is 0 Å². The molecule has 0 aliphatic carbocycles. The molecule has 1 heterocycles. The second-order valence-electron chi connectivity index (χ2n) is 4.51. The number of benzene rings is 1. The van der Waals surface area contributed by atoms with Crippen molar-refractivity contribution in [3.05, 3.63) is 35.4 Å². The zero-order valence-corrected chi connectivity index (χ0v) is 12.0. The second-order valence-corrected chi connectivity index (χ2v) is 5.71. The van der Waals surface area contributed by atoms with Crippen LogP contribution in [-0.4, -0.2) is 23.3 Å². The van der Waals surface area contributed by atoms with E-state index in [4.69, 9.17) is 0 Å². The molecule has 0 bridgehead atoms. The van der Waals surface area contributed by atoms with Gasteiger partial charge in [0, 0.05) is 31.8 Å². The molecule has 0 aromatic heterocycles. The van der Waals surface area contributed by atoms with Gasteiger partial charge >= 0.3 is 0 Å². The topological polar surface area (TPSA) is 37.4 Å². The van der Waals surface area contributed by atoms with Crippen LogP contribution in [-0.2, 0) is 16.0 Å². The van der Waals surface area contributed by atoms with E-state index >= 15 is 0 Å². The Labute approximate surface area is 117 Å². The summed E-state index contributed by atoms with van der Waals surface area (Å²) >= 11 is 1.30. The minimum Gasteiger partial charge on any atom is -0.312 e. The highest BCUT2D eigenvalue weighted by Crippen LogP contribution is 2.29. The Balaban J connectivity index is 2.06. The van der Waals surface area contributed by atoms with Crippen molar-refractivity contribution in [3.63, 3.8) is 0 Å². The van der Waals surface area contributed by atoms with Gasteiger partial charge in [-0.05, 0) is 29.7 Å². The standard InChI is InChI=1S/C15H17NO2S/c1-11(17)16-8-7-14-10-13(5-6-15(14)16)4-3-9-19-12(2)18/h3-6,10H,7-9H2,1-2H3. The molecule has 1 aromatic rings. The van der Waals surface area contributed by atoms with Crippen molar-refractivity contribution in [1.82, 2.24) is 0 Å². The van der Waals surface area contributed by atoms with Crippen molar-refractivity contribution in [2.45, 2.75) is 20.3 Å². The van der Waals surface area contributed by atoms with Crippen molar-refractivity contribution in [3.8, 4) is 0 Å². The molecule has 0 atom stereocenters. The van der Waals surface area contributed by atoms with Gasteiger partial charge in [0.15, 0.2) is 5.12 Å². The number of nitrogens with zero attached hydrogens (tertiary/aromatic N) is 1. The van der Waals surface area contributed by atoms with Gasteiger partial charge in [-0.1, -0.05) is 30.0 Å². The van der Waals surface area contributed by atoms with Crippen molar-refractivity contribution in [1.29, 1.82) is 0 Å². The summed E-state index contributed by atoms with van der Waals surface area (Å²) in [6, 6.07) is 6.13. The molecule has 0 spiro atoms. The SMILES string of the molecule is CC(=O)SCC=Cc1ccc2c(c1)CCN2C(C)=O. The Morgan fingerprint density at radius 1 is 1.37 bits per heavy atom. The van der Waals surface area contributed by atoms with E-state index in [9.17, 15) is 9.59 Å². The number of anilines is 1. The summed E-state index contributed by atoms with van der Waals surface area (Å²) in [7, 11) is 0. The fourth-order valence-electron chi connectivity index (χ4n) is 2.20. The van der Waals surface area contributed by atoms with Crippen molar-refractivity contribution in [2.75, 3.05) is 17.2 Å². The first-order valence-electron chi connectivity index (χ1n) is 6.29. The van der Waals surface area contributed by atoms with Crippen LogP contribution in [0.5, 0.6) is 0 Å². The first-order chi connectivity index (χ1) is 9.08. The van der Waals surface area contributed by atoms with Gasteiger partial charge in [0.05, 0.1) is 0 Å². The molecule has 0 N–H and O–H groups in total.